The van der Waals surface area contributed by atoms with Gasteiger partial charge in [0, 0.05) is 26.6 Å². The van der Waals surface area contributed by atoms with Crippen LogP contribution in [0.15, 0.2) is 35.4 Å². The van der Waals surface area contributed by atoms with Crippen LogP contribution in [0.1, 0.15) is 32.8 Å². The molecule has 2 aliphatic rings. The Labute approximate surface area is 182 Å². The Morgan fingerprint density at radius 2 is 2.00 bits per heavy atom. The highest BCUT2D eigenvalue weighted by molar-refractivity contribution is 6.09. The van der Waals surface area contributed by atoms with Crippen LogP contribution in [-0.2, 0) is 25.7 Å². The summed E-state index contributed by atoms with van der Waals surface area (Å²) in [4.78, 5) is 39.9. The number of fused-ring (bicyclic) bond motifs is 1. The van der Waals surface area contributed by atoms with Crippen molar-refractivity contribution in [2.24, 2.45) is 16.8 Å². The molecule has 3 amide bonds. The third-order valence-corrected chi connectivity index (χ3v) is 5.61. The van der Waals surface area contributed by atoms with Gasteiger partial charge in [-0.25, -0.2) is 5.01 Å². The van der Waals surface area contributed by atoms with Crippen molar-refractivity contribution in [3.63, 3.8) is 0 Å². The zero-order valence-electron chi connectivity index (χ0n) is 18.5. The number of nitrogens with two attached hydrogens (primary N) is 1. The second-order valence-electron chi connectivity index (χ2n) is 8.71. The predicted molar refractivity (Wildman–Crippen MR) is 116 cm³/mol. The second kappa shape index (κ2) is 9.15. The lowest BCUT2D eigenvalue weighted by Gasteiger charge is -2.35. The van der Waals surface area contributed by atoms with E-state index < -0.39 is 29.5 Å². The molecule has 1 aromatic rings. The Morgan fingerprint density at radius 1 is 1.32 bits per heavy atom. The Balaban J connectivity index is 1.73. The van der Waals surface area contributed by atoms with Crippen LogP contribution in [-0.4, -0.2) is 71.2 Å². The molecule has 0 radical (unpaired) electrons. The minimum Gasteiger partial charge on any atom is -0.371 e. The van der Waals surface area contributed by atoms with E-state index >= 15 is 0 Å². The van der Waals surface area contributed by atoms with Gasteiger partial charge < -0.3 is 20.7 Å². The maximum atomic E-state index is 13.4. The van der Waals surface area contributed by atoms with E-state index in [1.807, 2.05) is 30.3 Å². The number of nitrogens with one attached hydrogen (secondary N) is 1. The smallest absolute Gasteiger partial charge is 0.253 e. The third-order valence-electron chi connectivity index (χ3n) is 5.61. The molecule has 3 atom stereocenters. The topological polar surface area (TPSA) is 117 Å². The van der Waals surface area contributed by atoms with E-state index in [4.69, 9.17) is 10.5 Å². The molecule has 0 aliphatic carbocycles. The number of hydrazone groups is 1. The van der Waals surface area contributed by atoms with Crippen molar-refractivity contribution in [3.8, 4) is 0 Å². The first-order valence-corrected chi connectivity index (χ1v) is 10.5. The monoisotopic (exact) mass is 429 g/mol. The summed E-state index contributed by atoms with van der Waals surface area (Å²) in [5, 5.41) is 8.35. The largest absolute Gasteiger partial charge is 0.371 e. The number of hydrogen-bond acceptors (Lipinski definition) is 6. The van der Waals surface area contributed by atoms with E-state index in [0.717, 1.165) is 11.3 Å². The normalized spacial score (nSPS) is 20.7. The van der Waals surface area contributed by atoms with Crippen molar-refractivity contribution in [2.45, 2.75) is 51.5 Å². The molecule has 9 heteroatoms. The van der Waals surface area contributed by atoms with Gasteiger partial charge in [0.2, 0.25) is 11.8 Å². The first-order valence-electron chi connectivity index (χ1n) is 10.5. The van der Waals surface area contributed by atoms with Gasteiger partial charge in [-0.15, -0.1) is 0 Å². The van der Waals surface area contributed by atoms with Crippen molar-refractivity contribution in [1.29, 1.82) is 0 Å². The fourth-order valence-corrected chi connectivity index (χ4v) is 3.65. The Kier molecular flexibility index (Phi) is 6.76. The molecule has 1 saturated heterocycles. The molecular weight excluding hydrogens is 398 g/mol. The van der Waals surface area contributed by atoms with Gasteiger partial charge in [0.25, 0.3) is 5.91 Å². The number of benzene rings is 1. The number of hydrogen-bond donors (Lipinski definition) is 2. The highest BCUT2D eigenvalue weighted by Gasteiger charge is 2.42. The van der Waals surface area contributed by atoms with E-state index in [-0.39, 0.29) is 18.4 Å². The van der Waals surface area contributed by atoms with Gasteiger partial charge in [-0.2, -0.15) is 5.10 Å². The van der Waals surface area contributed by atoms with Gasteiger partial charge in [0.05, 0.1) is 29.9 Å². The van der Waals surface area contributed by atoms with Crippen molar-refractivity contribution in [3.05, 3.63) is 35.9 Å². The Morgan fingerprint density at radius 3 is 2.65 bits per heavy atom. The van der Waals surface area contributed by atoms with Crippen LogP contribution in [0, 0.1) is 5.92 Å². The highest BCUT2D eigenvalue weighted by Crippen LogP contribution is 2.23. The van der Waals surface area contributed by atoms with Gasteiger partial charge in [-0.1, -0.05) is 30.3 Å². The second-order valence-corrected chi connectivity index (χ2v) is 8.71. The first kappa shape index (κ1) is 22.9. The fraction of sp³-hybridized carbons (Fsp3) is 0.545. The summed E-state index contributed by atoms with van der Waals surface area (Å²) < 4.78 is 5.94. The molecule has 0 bridgehead atoms. The van der Waals surface area contributed by atoms with Crippen LogP contribution in [0.3, 0.4) is 0 Å². The summed E-state index contributed by atoms with van der Waals surface area (Å²) in [7, 11) is 1.62. The molecule has 31 heavy (non-hydrogen) atoms. The molecule has 0 spiro atoms. The molecule has 2 heterocycles. The summed E-state index contributed by atoms with van der Waals surface area (Å²) in [5.74, 6) is -1.29. The Hall–Kier alpha value is -2.78. The van der Waals surface area contributed by atoms with Gasteiger partial charge in [0.15, 0.2) is 0 Å². The van der Waals surface area contributed by atoms with Crippen molar-refractivity contribution < 1.29 is 19.1 Å². The number of amides is 3. The average Bonchev–Trinajstić information content (AvgIpc) is 3.02. The molecular formula is C22H31N5O4. The van der Waals surface area contributed by atoms with Crippen LogP contribution in [0.2, 0.25) is 0 Å². The van der Waals surface area contributed by atoms with E-state index in [2.05, 4.69) is 10.4 Å². The van der Waals surface area contributed by atoms with Crippen LogP contribution in [0.4, 0.5) is 0 Å². The number of carbonyl (C=O) groups is 3. The molecule has 1 aromatic carbocycles. The van der Waals surface area contributed by atoms with Crippen molar-refractivity contribution in [1.82, 2.24) is 15.2 Å². The molecule has 168 valence electrons. The summed E-state index contributed by atoms with van der Waals surface area (Å²) in [5.41, 5.74) is 6.54. The number of ether oxygens (including phenoxy) is 1. The van der Waals surface area contributed by atoms with E-state index in [1.165, 1.54) is 5.01 Å². The van der Waals surface area contributed by atoms with E-state index in [0.29, 0.717) is 19.6 Å². The summed E-state index contributed by atoms with van der Waals surface area (Å²) in [6.45, 7) is 5.88. The standard InChI is InChI=1S/C22H31N5O4/c1-14(31-13-15-8-6-5-7-9-15)18(24-21(30)22(2,3)23)20(29)27-11-10-17-16(12-27)19(28)26(4)25-17/h5-9,14,16,18H,10-13,23H2,1-4H3,(H,24,30)/t14?,16?,18-/m1/s1. The number of likely N-dealkylation sites (tertiary alicyclic amines) is 1. The van der Waals surface area contributed by atoms with E-state index in [9.17, 15) is 14.4 Å². The van der Waals surface area contributed by atoms with Gasteiger partial charge in [0.1, 0.15) is 6.04 Å². The number of carbonyl (C=O) groups excluding carboxylic acids is 3. The summed E-state index contributed by atoms with van der Waals surface area (Å²) in [6, 6.07) is 8.67. The van der Waals surface area contributed by atoms with E-state index in [1.54, 1.807) is 32.7 Å². The average molecular weight is 430 g/mol. The maximum Gasteiger partial charge on any atom is 0.253 e. The number of rotatable bonds is 7. The summed E-state index contributed by atoms with van der Waals surface area (Å²) >= 11 is 0. The van der Waals surface area contributed by atoms with Crippen LogP contribution >= 0.6 is 0 Å². The third kappa shape index (κ3) is 5.29. The first-order chi connectivity index (χ1) is 14.6. The lowest BCUT2D eigenvalue weighted by atomic mass is 9.94. The number of nitrogens with zero attached hydrogens (tertiary/aromatic N) is 3. The van der Waals surface area contributed by atoms with Gasteiger partial charge >= 0.3 is 0 Å². The fourth-order valence-electron chi connectivity index (χ4n) is 3.65. The highest BCUT2D eigenvalue weighted by atomic mass is 16.5. The van der Waals surface area contributed by atoms with Gasteiger partial charge in [-0.3, -0.25) is 14.4 Å². The van der Waals surface area contributed by atoms with Gasteiger partial charge in [-0.05, 0) is 26.3 Å². The molecule has 1 fully saturated rings. The molecule has 0 aromatic heterocycles. The zero-order valence-corrected chi connectivity index (χ0v) is 18.5. The molecule has 0 saturated carbocycles. The maximum absolute atomic E-state index is 13.4. The predicted octanol–water partition coefficient (Wildman–Crippen LogP) is 0.490. The van der Waals surface area contributed by atoms with Crippen molar-refractivity contribution in [2.75, 3.05) is 20.1 Å². The van der Waals surface area contributed by atoms with Crippen LogP contribution < -0.4 is 11.1 Å². The number of piperidine rings is 1. The molecule has 2 unspecified atom stereocenters. The lowest BCUT2D eigenvalue weighted by Crippen LogP contribution is -2.61. The van der Waals surface area contributed by atoms with Crippen LogP contribution in [0.25, 0.3) is 0 Å². The van der Waals surface area contributed by atoms with Crippen molar-refractivity contribution >= 4 is 23.4 Å². The molecule has 9 nitrogen and oxygen atoms in total. The minimum absolute atomic E-state index is 0.121. The minimum atomic E-state index is -1.15. The Bertz CT molecular complexity index is 864. The van der Waals surface area contributed by atoms with Crippen LogP contribution in [0.5, 0.6) is 0 Å². The summed E-state index contributed by atoms with van der Waals surface area (Å²) in [6.07, 6.45) is -0.0783. The lowest BCUT2D eigenvalue weighted by molar-refractivity contribution is -0.143. The molecule has 3 N–H and O–H groups in total. The molecule has 3 rings (SSSR count). The molecule has 2 aliphatic heterocycles. The zero-order chi connectivity index (χ0) is 22.8. The SMILES string of the molecule is CC(OCc1ccccc1)[C@@H](NC(=O)C(C)(C)N)C(=O)N1CCC2=NN(C)C(=O)C2C1. The quantitative estimate of drug-likeness (QED) is 0.654.